The topological polar surface area (TPSA) is 72.8 Å². The predicted molar refractivity (Wildman–Crippen MR) is 51.6 cm³/mol. The van der Waals surface area contributed by atoms with Crippen LogP contribution >= 0.6 is 0 Å². The van der Waals surface area contributed by atoms with Gasteiger partial charge in [0.05, 0.1) is 6.73 Å². The molecular formula is C9H16N2O3. The molecule has 0 amide bonds. The summed E-state index contributed by atoms with van der Waals surface area (Å²) in [5.74, 6) is -0.798. The summed E-state index contributed by atoms with van der Waals surface area (Å²) >= 11 is 0. The highest BCUT2D eigenvalue weighted by molar-refractivity contribution is 5.74. The zero-order valence-electron chi connectivity index (χ0n) is 8.07. The first kappa shape index (κ1) is 11.0. The van der Waals surface area contributed by atoms with Gasteiger partial charge >= 0.3 is 5.97 Å². The van der Waals surface area contributed by atoms with E-state index in [1.165, 1.54) is 0 Å². The van der Waals surface area contributed by atoms with E-state index in [2.05, 4.69) is 11.9 Å². The van der Waals surface area contributed by atoms with E-state index in [9.17, 15) is 4.79 Å². The number of hydrogen-bond donors (Lipinski definition) is 3. The summed E-state index contributed by atoms with van der Waals surface area (Å²) in [5.41, 5.74) is 0.726. The van der Waals surface area contributed by atoms with Crippen molar-refractivity contribution in [2.75, 3.05) is 19.8 Å². The van der Waals surface area contributed by atoms with Gasteiger partial charge in [-0.15, -0.1) is 0 Å². The molecule has 0 aromatic rings. The standard InChI is InChI=1S/C9H16N2O3/c1-7(5-10-6-12)11-4-2-3-8(11)9(13)14/h8,10,12H,1-6H2,(H,13,14). The molecule has 3 N–H and O–H groups in total. The van der Waals surface area contributed by atoms with Gasteiger partial charge in [0.15, 0.2) is 0 Å². The first-order valence-corrected chi connectivity index (χ1v) is 4.65. The van der Waals surface area contributed by atoms with Crippen LogP contribution in [0.4, 0.5) is 0 Å². The van der Waals surface area contributed by atoms with Gasteiger partial charge in [-0.3, -0.25) is 5.32 Å². The minimum atomic E-state index is -0.798. The summed E-state index contributed by atoms with van der Waals surface area (Å²) in [6, 6.07) is -0.442. The average Bonchev–Trinajstić information content (AvgIpc) is 2.62. The number of nitrogens with one attached hydrogen (secondary N) is 1. The van der Waals surface area contributed by atoms with E-state index in [-0.39, 0.29) is 6.73 Å². The quantitative estimate of drug-likeness (QED) is 0.526. The maximum atomic E-state index is 10.8. The zero-order chi connectivity index (χ0) is 10.6. The fourth-order valence-electron chi connectivity index (χ4n) is 1.70. The molecule has 1 aliphatic heterocycles. The number of carboxylic acids is 1. The van der Waals surface area contributed by atoms with Crippen LogP contribution < -0.4 is 5.32 Å². The van der Waals surface area contributed by atoms with Gasteiger partial charge in [-0.2, -0.15) is 0 Å². The highest BCUT2D eigenvalue weighted by atomic mass is 16.4. The van der Waals surface area contributed by atoms with Crippen molar-refractivity contribution >= 4 is 5.97 Å². The second kappa shape index (κ2) is 4.97. The number of carbonyl (C=O) groups is 1. The van der Waals surface area contributed by atoms with Crippen LogP contribution in [0.1, 0.15) is 12.8 Å². The molecule has 1 atom stereocenters. The monoisotopic (exact) mass is 200 g/mol. The lowest BCUT2D eigenvalue weighted by Gasteiger charge is -2.25. The van der Waals surface area contributed by atoms with Crippen molar-refractivity contribution in [3.05, 3.63) is 12.3 Å². The normalized spacial score (nSPS) is 21.2. The molecule has 0 aliphatic carbocycles. The molecule has 0 spiro atoms. The van der Waals surface area contributed by atoms with Crippen LogP contribution in [-0.2, 0) is 4.79 Å². The third-order valence-corrected chi connectivity index (χ3v) is 2.38. The summed E-state index contributed by atoms with van der Waals surface area (Å²) in [6.45, 7) is 4.85. The van der Waals surface area contributed by atoms with Crippen LogP contribution in [0.3, 0.4) is 0 Å². The van der Waals surface area contributed by atoms with Crippen LogP contribution in [0.25, 0.3) is 0 Å². The van der Waals surface area contributed by atoms with E-state index in [4.69, 9.17) is 10.2 Å². The summed E-state index contributed by atoms with van der Waals surface area (Å²) in [6.07, 6.45) is 1.56. The molecule has 1 fully saturated rings. The minimum absolute atomic E-state index is 0.120. The molecule has 1 aliphatic rings. The zero-order valence-corrected chi connectivity index (χ0v) is 8.07. The van der Waals surface area contributed by atoms with Gasteiger partial charge in [-0.1, -0.05) is 6.58 Å². The highest BCUT2D eigenvalue weighted by Gasteiger charge is 2.30. The number of likely N-dealkylation sites (tertiary alicyclic amines) is 1. The Balaban J connectivity index is 2.49. The summed E-state index contributed by atoms with van der Waals surface area (Å²) in [4.78, 5) is 12.6. The number of rotatable bonds is 5. The summed E-state index contributed by atoms with van der Waals surface area (Å²) in [5, 5.41) is 20.2. The molecule has 0 aromatic carbocycles. The second-order valence-corrected chi connectivity index (χ2v) is 3.34. The van der Waals surface area contributed by atoms with Crippen LogP contribution in [0.5, 0.6) is 0 Å². The third kappa shape index (κ3) is 2.46. The number of nitrogens with zero attached hydrogens (tertiary/aromatic N) is 1. The summed E-state index contributed by atoms with van der Waals surface area (Å²) < 4.78 is 0. The van der Waals surface area contributed by atoms with Crippen LogP contribution in [0.2, 0.25) is 0 Å². The first-order valence-electron chi connectivity index (χ1n) is 4.65. The molecule has 1 saturated heterocycles. The van der Waals surface area contributed by atoms with Gasteiger partial charge in [0.2, 0.25) is 0 Å². The van der Waals surface area contributed by atoms with E-state index in [1.807, 2.05) is 0 Å². The molecule has 5 nitrogen and oxygen atoms in total. The van der Waals surface area contributed by atoms with Gasteiger partial charge in [-0.05, 0) is 12.8 Å². The van der Waals surface area contributed by atoms with Crippen molar-refractivity contribution in [1.82, 2.24) is 10.2 Å². The van der Waals surface area contributed by atoms with E-state index in [1.54, 1.807) is 4.90 Å². The molecule has 14 heavy (non-hydrogen) atoms. The molecule has 0 saturated carbocycles. The van der Waals surface area contributed by atoms with Crippen LogP contribution in [0.15, 0.2) is 12.3 Å². The Morgan fingerprint density at radius 2 is 2.36 bits per heavy atom. The van der Waals surface area contributed by atoms with Crippen molar-refractivity contribution in [1.29, 1.82) is 0 Å². The molecule has 5 heteroatoms. The summed E-state index contributed by atoms with van der Waals surface area (Å²) in [7, 11) is 0. The molecule has 1 heterocycles. The molecule has 1 rings (SSSR count). The van der Waals surface area contributed by atoms with E-state index < -0.39 is 12.0 Å². The van der Waals surface area contributed by atoms with Crippen molar-refractivity contribution in [2.45, 2.75) is 18.9 Å². The lowest BCUT2D eigenvalue weighted by Crippen LogP contribution is -2.38. The maximum absolute atomic E-state index is 10.8. The number of aliphatic carboxylic acids is 1. The molecular weight excluding hydrogens is 184 g/mol. The first-order chi connectivity index (χ1) is 6.66. The molecule has 0 bridgehead atoms. The molecule has 0 radical (unpaired) electrons. The third-order valence-electron chi connectivity index (χ3n) is 2.38. The van der Waals surface area contributed by atoms with Crippen molar-refractivity contribution in [3.63, 3.8) is 0 Å². The Bertz CT molecular complexity index is 230. The van der Waals surface area contributed by atoms with Crippen molar-refractivity contribution in [2.24, 2.45) is 0 Å². The lowest BCUT2D eigenvalue weighted by molar-refractivity contribution is -0.141. The van der Waals surface area contributed by atoms with Gasteiger partial charge in [0, 0.05) is 18.8 Å². The predicted octanol–water partition coefficient (Wildman–Crippen LogP) is -0.411. The van der Waals surface area contributed by atoms with Crippen LogP contribution in [0, 0.1) is 0 Å². The molecule has 1 unspecified atom stereocenters. The van der Waals surface area contributed by atoms with Gasteiger partial charge in [0.1, 0.15) is 6.04 Å². The minimum Gasteiger partial charge on any atom is -0.480 e. The Morgan fingerprint density at radius 1 is 1.64 bits per heavy atom. The smallest absolute Gasteiger partial charge is 0.326 e. The van der Waals surface area contributed by atoms with Crippen molar-refractivity contribution in [3.8, 4) is 0 Å². The Kier molecular flexibility index (Phi) is 3.91. The van der Waals surface area contributed by atoms with Crippen LogP contribution in [-0.4, -0.2) is 46.9 Å². The fraction of sp³-hybridized carbons (Fsp3) is 0.667. The number of aliphatic hydroxyl groups excluding tert-OH is 1. The molecule has 80 valence electrons. The van der Waals surface area contributed by atoms with Gasteiger partial charge in [0.25, 0.3) is 0 Å². The number of hydrogen-bond acceptors (Lipinski definition) is 4. The van der Waals surface area contributed by atoms with E-state index in [0.717, 1.165) is 18.7 Å². The van der Waals surface area contributed by atoms with E-state index in [0.29, 0.717) is 13.0 Å². The SMILES string of the molecule is C=C(CNCO)N1CCCC1C(=O)O. The van der Waals surface area contributed by atoms with Gasteiger partial charge < -0.3 is 15.1 Å². The lowest BCUT2D eigenvalue weighted by atomic mass is 10.2. The average molecular weight is 200 g/mol. The van der Waals surface area contributed by atoms with Gasteiger partial charge in [-0.25, -0.2) is 4.79 Å². The Labute approximate surface area is 83.0 Å². The number of aliphatic hydroxyl groups is 1. The maximum Gasteiger partial charge on any atom is 0.326 e. The fourth-order valence-corrected chi connectivity index (χ4v) is 1.70. The second-order valence-electron chi connectivity index (χ2n) is 3.34. The van der Waals surface area contributed by atoms with Crippen molar-refractivity contribution < 1.29 is 15.0 Å². The number of carboxylic acid groups (broad SMARTS) is 1. The Hall–Kier alpha value is -1.07. The highest BCUT2D eigenvalue weighted by Crippen LogP contribution is 2.20. The Morgan fingerprint density at radius 3 is 2.93 bits per heavy atom. The van der Waals surface area contributed by atoms with E-state index >= 15 is 0 Å². The molecule has 0 aromatic heterocycles. The largest absolute Gasteiger partial charge is 0.480 e.